The zero-order valence-electron chi connectivity index (χ0n) is 25.5. The van der Waals surface area contributed by atoms with Crippen molar-refractivity contribution in [3.8, 4) is 11.1 Å². The third-order valence-electron chi connectivity index (χ3n) is 8.33. The molecule has 11 heteroatoms. The molecule has 2 fully saturated rings. The average molecular weight is 609 g/mol. The Morgan fingerprint density at radius 3 is 2.63 bits per heavy atom. The van der Waals surface area contributed by atoms with Gasteiger partial charge in [0.15, 0.2) is 12.0 Å². The third kappa shape index (κ3) is 5.40. The summed E-state index contributed by atoms with van der Waals surface area (Å²) in [5.41, 5.74) is 2.24. The summed E-state index contributed by atoms with van der Waals surface area (Å²) in [5, 5.41) is 6.33. The Morgan fingerprint density at radius 1 is 1.12 bits per heavy atom. The zero-order chi connectivity index (χ0) is 30.6. The van der Waals surface area contributed by atoms with E-state index in [4.69, 9.17) is 21.1 Å². The second-order valence-corrected chi connectivity index (χ2v) is 13.1. The molecule has 3 atom stereocenters. The lowest BCUT2D eigenvalue weighted by atomic mass is 9.95. The first kappa shape index (κ1) is 29.6. The molecule has 0 N–H and O–H groups in total. The van der Waals surface area contributed by atoms with Gasteiger partial charge in [-0.25, -0.2) is 23.8 Å². The summed E-state index contributed by atoms with van der Waals surface area (Å²) in [4.78, 5) is 25.7. The van der Waals surface area contributed by atoms with Crippen LogP contribution < -0.4 is 4.90 Å². The molecule has 2 aliphatic heterocycles. The van der Waals surface area contributed by atoms with Crippen molar-refractivity contribution in [2.75, 3.05) is 24.6 Å². The van der Waals surface area contributed by atoms with E-state index in [0.717, 1.165) is 35.7 Å². The number of aryl methyl sites for hydroxylation is 1. The Kier molecular flexibility index (Phi) is 7.71. The summed E-state index contributed by atoms with van der Waals surface area (Å²) >= 11 is 6.98. The van der Waals surface area contributed by atoms with E-state index in [1.807, 2.05) is 58.4 Å². The van der Waals surface area contributed by atoms with Crippen LogP contribution in [0.25, 0.3) is 32.9 Å². The van der Waals surface area contributed by atoms with Crippen molar-refractivity contribution in [1.82, 2.24) is 24.6 Å². The lowest BCUT2D eigenvalue weighted by Crippen LogP contribution is -2.59. The first-order valence-electron chi connectivity index (χ1n) is 14.9. The van der Waals surface area contributed by atoms with Crippen LogP contribution in [0.5, 0.6) is 0 Å². The van der Waals surface area contributed by atoms with Gasteiger partial charge >= 0.3 is 6.09 Å². The first-order chi connectivity index (χ1) is 20.4. The van der Waals surface area contributed by atoms with Gasteiger partial charge in [0.1, 0.15) is 23.3 Å². The van der Waals surface area contributed by atoms with E-state index in [1.54, 1.807) is 17.2 Å². The van der Waals surface area contributed by atoms with Crippen molar-refractivity contribution >= 4 is 45.3 Å². The molecule has 2 aromatic heterocycles. The maximum atomic E-state index is 16.7. The number of hydrogen-bond donors (Lipinski definition) is 0. The minimum absolute atomic E-state index is 0.107. The first-order valence-corrected chi connectivity index (χ1v) is 15.3. The lowest BCUT2D eigenvalue weighted by molar-refractivity contribution is -0.0366. The van der Waals surface area contributed by atoms with Crippen LogP contribution in [0.2, 0.25) is 5.02 Å². The number of benzene rings is 2. The maximum absolute atomic E-state index is 16.7. The number of fused-ring (bicyclic) bond motifs is 2. The summed E-state index contributed by atoms with van der Waals surface area (Å²) < 4.78 is 30.3. The van der Waals surface area contributed by atoms with Crippen molar-refractivity contribution in [2.45, 2.75) is 84.7 Å². The topological polar surface area (TPSA) is 85.6 Å². The molecule has 2 aromatic carbocycles. The van der Waals surface area contributed by atoms with Gasteiger partial charge in [-0.2, -0.15) is 5.10 Å². The molecule has 228 valence electrons. The van der Waals surface area contributed by atoms with E-state index in [9.17, 15) is 4.79 Å². The van der Waals surface area contributed by atoms with Crippen LogP contribution in [0.1, 0.15) is 65.7 Å². The van der Waals surface area contributed by atoms with Crippen LogP contribution in [-0.4, -0.2) is 68.1 Å². The van der Waals surface area contributed by atoms with Gasteiger partial charge in [-0.05, 0) is 72.4 Å². The Bertz CT molecular complexity index is 1700. The molecule has 0 spiro atoms. The van der Waals surface area contributed by atoms with Crippen LogP contribution in [-0.2, 0) is 9.47 Å². The minimum Gasteiger partial charge on any atom is -0.444 e. The molecule has 2 aliphatic rings. The quantitative estimate of drug-likeness (QED) is 0.242. The Labute approximate surface area is 255 Å². The highest BCUT2D eigenvalue weighted by Crippen LogP contribution is 2.43. The summed E-state index contributed by atoms with van der Waals surface area (Å²) in [6.07, 6.45) is 5.52. The van der Waals surface area contributed by atoms with Crippen molar-refractivity contribution in [3.63, 3.8) is 0 Å². The molecule has 9 nitrogen and oxygen atoms in total. The number of aromatic nitrogens is 4. The number of halogens is 2. The average Bonchev–Trinajstić information content (AvgIpc) is 3.39. The Balaban J connectivity index is 1.42. The molecule has 4 heterocycles. The monoisotopic (exact) mass is 608 g/mol. The van der Waals surface area contributed by atoms with Gasteiger partial charge < -0.3 is 19.3 Å². The van der Waals surface area contributed by atoms with Gasteiger partial charge in [0.05, 0.1) is 16.7 Å². The van der Waals surface area contributed by atoms with Gasteiger partial charge in [-0.3, -0.25) is 0 Å². The van der Waals surface area contributed by atoms with E-state index >= 15 is 4.39 Å². The highest BCUT2D eigenvalue weighted by molar-refractivity contribution is 6.35. The molecule has 4 aromatic rings. The number of anilines is 1. The molecule has 1 amide bonds. The number of ether oxygens (including phenoxy) is 2. The highest BCUT2D eigenvalue weighted by Gasteiger charge is 2.36. The molecule has 1 unspecified atom stereocenters. The molecule has 6 rings (SSSR count). The van der Waals surface area contributed by atoms with Crippen LogP contribution in [0.4, 0.5) is 15.0 Å². The van der Waals surface area contributed by atoms with Crippen molar-refractivity contribution in [3.05, 3.63) is 47.1 Å². The number of hydrogen-bond acceptors (Lipinski definition) is 7. The second-order valence-electron chi connectivity index (χ2n) is 12.7. The highest BCUT2D eigenvalue weighted by atomic mass is 35.5. The van der Waals surface area contributed by atoms with E-state index in [0.29, 0.717) is 36.5 Å². The second kappa shape index (κ2) is 11.2. The zero-order valence-corrected chi connectivity index (χ0v) is 26.3. The fraction of sp³-hybridized carbons (Fsp3) is 0.500. The maximum Gasteiger partial charge on any atom is 0.410 e. The fourth-order valence-electron chi connectivity index (χ4n) is 6.26. The Hall–Kier alpha value is -3.50. The summed E-state index contributed by atoms with van der Waals surface area (Å²) in [6.45, 7) is 13.1. The predicted octanol–water partition coefficient (Wildman–Crippen LogP) is 7.28. The number of carbonyl (C=O) groups is 1. The van der Waals surface area contributed by atoms with Crippen molar-refractivity contribution in [1.29, 1.82) is 0 Å². The largest absolute Gasteiger partial charge is 0.444 e. The summed E-state index contributed by atoms with van der Waals surface area (Å²) in [5.74, 6) is 0.0725. The number of nitrogens with zero attached hydrogens (tertiary/aromatic N) is 6. The Morgan fingerprint density at radius 2 is 1.91 bits per heavy atom. The van der Waals surface area contributed by atoms with E-state index in [2.05, 4.69) is 20.0 Å². The van der Waals surface area contributed by atoms with Crippen LogP contribution in [0, 0.1) is 12.7 Å². The SMILES string of the molecule is Cc1ccc2cnn(C3CCCCO3)c2c1-c1c(Cl)cc2c(N3C[C@@H](C)N(C(=O)OC(C)(C)C)C[C@@H]3C)ncnc2c1F. The van der Waals surface area contributed by atoms with E-state index in [-0.39, 0.29) is 40.5 Å². The number of piperazine rings is 1. The molecule has 0 radical (unpaired) electrons. The van der Waals surface area contributed by atoms with Gasteiger partial charge in [-0.15, -0.1) is 0 Å². The summed E-state index contributed by atoms with van der Waals surface area (Å²) in [6, 6.07) is 5.46. The van der Waals surface area contributed by atoms with Crippen molar-refractivity contribution < 1.29 is 18.7 Å². The van der Waals surface area contributed by atoms with E-state index < -0.39 is 11.4 Å². The normalized spacial score (nSPS) is 21.5. The lowest BCUT2D eigenvalue weighted by Gasteiger charge is -2.44. The molecular weight excluding hydrogens is 571 g/mol. The number of amides is 1. The van der Waals surface area contributed by atoms with Crippen molar-refractivity contribution in [2.24, 2.45) is 0 Å². The number of carbonyl (C=O) groups excluding carboxylic acids is 1. The van der Waals surface area contributed by atoms with Gasteiger partial charge in [0.2, 0.25) is 0 Å². The molecule has 0 aliphatic carbocycles. The fourth-order valence-corrected chi connectivity index (χ4v) is 6.55. The van der Waals surface area contributed by atoms with Gasteiger partial charge in [0, 0.05) is 53.7 Å². The van der Waals surface area contributed by atoms with E-state index in [1.165, 1.54) is 6.33 Å². The van der Waals surface area contributed by atoms with Crippen LogP contribution in [0.15, 0.2) is 30.7 Å². The van der Waals surface area contributed by atoms with Crippen LogP contribution >= 0.6 is 11.6 Å². The van der Waals surface area contributed by atoms with Gasteiger partial charge in [0.25, 0.3) is 0 Å². The standard InChI is InChI=1S/C32H38ClFN6O3/c1-18-10-11-21-14-37-40(24-9-7-8-12-42-24)29(21)25(18)26-23(33)13-22-28(27(26)34)35-17-36-30(22)38-15-20(3)39(16-19(38)2)31(41)43-32(4,5)6/h10-11,13-14,17,19-20,24H,7-9,12,15-16H2,1-6H3/t19-,20+,24?/m0/s1. The molecule has 0 saturated carbocycles. The third-order valence-corrected chi connectivity index (χ3v) is 8.63. The smallest absolute Gasteiger partial charge is 0.410 e. The molecular formula is C32H38ClFN6O3. The molecule has 0 bridgehead atoms. The minimum atomic E-state index is -0.587. The molecule has 2 saturated heterocycles. The predicted molar refractivity (Wildman–Crippen MR) is 166 cm³/mol. The van der Waals surface area contributed by atoms with Gasteiger partial charge in [-0.1, -0.05) is 23.7 Å². The molecule has 43 heavy (non-hydrogen) atoms. The number of rotatable bonds is 3. The van der Waals surface area contributed by atoms with Crippen LogP contribution in [0.3, 0.4) is 0 Å². The summed E-state index contributed by atoms with van der Waals surface area (Å²) in [7, 11) is 0.